The number of hydrogen-bond acceptors (Lipinski definition) is 2. The predicted octanol–water partition coefficient (Wildman–Crippen LogP) is 3.57. The molecular formula is C16H14FN3O. The number of amides is 1. The summed E-state index contributed by atoms with van der Waals surface area (Å²) in [6.45, 7) is 3.49. The van der Waals surface area contributed by atoms with E-state index in [1.54, 1.807) is 37.3 Å². The van der Waals surface area contributed by atoms with E-state index in [9.17, 15) is 9.18 Å². The molecule has 0 unspecified atom stereocenters. The number of aromatic nitrogens is 2. The van der Waals surface area contributed by atoms with Crippen molar-refractivity contribution in [1.82, 2.24) is 9.97 Å². The van der Waals surface area contributed by atoms with Crippen LogP contribution in [0.1, 0.15) is 21.7 Å². The summed E-state index contributed by atoms with van der Waals surface area (Å²) in [6, 6.07) is 10.1. The van der Waals surface area contributed by atoms with Crippen LogP contribution in [0.25, 0.3) is 11.0 Å². The number of aryl methyl sites for hydroxylation is 2. The van der Waals surface area contributed by atoms with Crippen LogP contribution in [0.5, 0.6) is 0 Å². The van der Waals surface area contributed by atoms with Crippen LogP contribution in [0.15, 0.2) is 36.4 Å². The smallest absolute Gasteiger partial charge is 0.258 e. The molecule has 4 nitrogen and oxygen atoms in total. The summed E-state index contributed by atoms with van der Waals surface area (Å²) in [4.78, 5) is 19.5. The van der Waals surface area contributed by atoms with Gasteiger partial charge in [0.1, 0.15) is 11.6 Å². The Labute approximate surface area is 121 Å². The molecule has 1 heterocycles. The number of H-pyrrole nitrogens is 1. The first-order valence-electron chi connectivity index (χ1n) is 6.57. The Morgan fingerprint density at radius 3 is 2.86 bits per heavy atom. The van der Waals surface area contributed by atoms with E-state index in [1.165, 1.54) is 6.07 Å². The molecule has 106 valence electrons. The van der Waals surface area contributed by atoms with Gasteiger partial charge in [-0.05, 0) is 43.7 Å². The number of halogens is 1. The Bertz CT molecular complexity index is 839. The van der Waals surface area contributed by atoms with Crippen LogP contribution < -0.4 is 5.32 Å². The third-order valence-electron chi connectivity index (χ3n) is 3.29. The molecular weight excluding hydrogens is 269 g/mol. The zero-order chi connectivity index (χ0) is 15.0. The highest BCUT2D eigenvalue weighted by Crippen LogP contribution is 2.19. The number of carbonyl (C=O) groups excluding carboxylic acids is 1. The number of nitrogens with zero attached hydrogens (tertiary/aromatic N) is 1. The maximum absolute atomic E-state index is 13.9. The summed E-state index contributed by atoms with van der Waals surface area (Å²) >= 11 is 0. The highest BCUT2D eigenvalue weighted by Gasteiger charge is 2.13. The molecule has 0 radical (unpaired) electrons. The average molecular weight is 283 g/mol. The molecule has 2 aromatic carbocycles. The second-order valence-corrected chi connectivity index (χ2v) is 4.94. The van der Waals surface area contributed by atoms with E-state index in [4.69, 9.17) is 0 Å². The molecule has 3 rings (SSSR count). The van der Waals surface area contributed by atoms with Crippen LogP contribution in [0.4, 0.5) is 10.1 Å². The van der Waals surface area contributed by atoms with Crippen LogP contribution in [0, 0.1) is 19.7 Å². The lowest BCUT2D eigenvalue weighted by atomic mass is 10.1. The first-order chi connectivity index (χ1) is 10.0. The second-order valence-electron chi connectivity index (χ2n) is 4.94. The highest BCUT2D eigenvalue weighted by atomic mass is 19.1. The van der Waals surface area contributed by atoms with Crippen molar-refractivity contribution in [3.8, 4) is 0 Å². The van der Waals surface area contributed by atoms with Gasteiger partial charge in [0, 0.05) is 5.69 Å². The molecule has 2 N–H and O–H groups in total. The number of fused-ring (bicyclic) bond motifs is 1. The number of rotatable bonds is 2. The first-order valence-corrected chi connectivity index (χ1v) is 6.57. The fourth-order valence-electron chi connectivity index (χ4n) is 2.24. The van der Waals surface area contributed by atoms with E-state index < -0.39 is 11.7 Å². The Hall–Kier alpha value is -2.69. The summed E-state index contributed by atoms with van der Waals surface area (Å²) in [5.41, 5.74) is 2.73. The van der Waals surface area contributed by atoms with Gasteiger partial charge in [0.25, 0.3) is 5.91 Å². The molecule has 0 saturated carbocycles. The van der Waals surface area contributed by atoms with Gasteiger partial charge in [0.2, 0.25) is 0 Å². The van der Waals surface area contributed by atoms with Gasteiger partial charge in [-0.15, -0.1) is 0 Å². The van der Waals surface area contributed by atoms with Crippen molar-refractivity contribution < 1.29 is 9.18 Å². The van der Waals surface area contributed by atoms with Crippen LogP contribution in [0.3, 0.4) is 0 Å². The quantitative estimate of drug-likeness (QED) is 0.755. The van der Waals surface area contributed by atoms with Crippen molar-refractivity contribution >= 4 is 22.6 Å². The largest absolute Gasteiger partial charge is 0.342 e. The van der Waals surface area contributed by atoms with Crippen molar-refractivity contribution in [2.75, 3.05) is 5.32 Å². The van der Waals surface area contributed by atoms with E-state index in [2.05, 4.69) is 15.3 Å². The van der Waals surface area contributed by atoms with Crippen LogP contribution in [-0.4, -0.2) is 15.9 Å². The zero-order valence-corrected chi connectivity index (χ0v) is 11.7. The number of nitrogens with one attached hydrogen (secondary N) is 2. The molecule has 0 atom stereocenters. The zero-order valence-electron chi connectivity index (χ0n) is 11.7. The molecule has 0 saturated heterocycles. The predicted molar refractivity (Wildman–Crippen MR) is 79.9 cm³/mol. The second kappa shape index (κ2) is 5.01. The van der Waals surface area contributed by atoms with E-state index in [1.807, 2.05) is 6.92 Å². The van der Waals surface area contributed by atoms with Gasteiger partial charge in [-0.1, -0.05) is 12.1 Å². The summed E-state index contributed by atoms with van der Waals surface area (Å²) in [6.07, 6.45) is 0. The summed E-state index contributed by atoms with van der Waals surface area (Å²) in [7, 11) is 0. The maximum Gasteiger partial charge on any atom is 0.258 e. The normalized spacial score (nSPS) is 10.8. The van der Waals surface area contributed by atoms with Gasteiger partial charge in [-0.25, -0.2) is 9.37 Å². The minimum absolute atomic E-state index is 0.0379. The maximum atomic E-state index is 13.9. The van der Waals surface area contributed by atoms with E-state index in [0.717, 1.165) is 16.9 Å². The molecule has 0 aliphatic carbocycles. The summed E-state index contributed by atoms with van der Waals surface area (Å²) < 4.78 is 13.9. The Morgan fingerprint density at radius 1 is 1.24 bits per heavy atom. The fraction of sp³-hybridized carbons (Fsp3) is 0.125. The molecule has 0 spiro atoms. The van der Waals surface area contributed by atoms with Crippen LogP contribution >= 0.6 is 0 Å². The SMILES string of the molecule is Cc1nc2ccc(NC(=O)c3cccc(C)c3F)cc2[nH]1. The highest BCUT2D eigenvalue weighted by molar-refractivity contribution is 6.05. The van der Waals surface area contributed by atoms with Crippen LogP contribution in [-0.2, 0) is 0 Å². The van der Waals surface area contributed by atoms with E-state index in [0.29, 0.717) is 11.3 Å². The van der Waals surface area contributed by atoms with E-state index >= 15 is 0 Å². The Morgan fingerprint density at radius 2 is 2.05 bits per heavy atom. The van der Waals surface area contributed by atoms with E-state index in [-0.39, 0.29) is 5.56 Å². The van der Waals surface area contributed by atoms with Gasteiger partial charge in [0.05, 0.1) is 16.6 Å². The Kier molecular flexibility index (Phi) is 3.17. The molecule has 0 aliphatic rings. The van der Waals surface area contributed by atoms with Crippen molar-refractivity contribution in [2.45, 2.75) is 13.8 Å². The van der Waals surface area contributed by atoms with Gasteiger partial charge in [-0.2, -0.15) is 0 Å². The third kappa shape index (κ3) is 2.50. The average Bonchev–Trinajstić information content (AvgIpc) is 2.81. The minimum Gasteiger partial charge on any atom is -0.342 e. The van der Waals surface area contributed by atoms with Gasteiger partial charge < -0.3 is 10.3 Å². The van der Waals surface area contributed by atoms with Crippen molar-refractivity contribution in [3.63, 3.8) is 0 Å². The molecule has 0 bridgehead atoms. The molecule has 1 aromatic heterocycles. The number of carbonyl (C=O) groups is 1. The lowest BCUT2D eigenvalue weighted by Crippen LogP contribution is -2.14. The third-order valence-corrected chi connectivity index (χ3v) is 3.29. The molecule has 1 amide bonds. The number of imidazole rings is 1. The topological polar surface area (TPSA) is 57.8 Å². The van der Waals surface area contributed by atoms with Gasteiger partial charge >= 0.3 is 0 Å². The summed E-state index contributed by atoms with van der Waals surface area (Å²) in [5.74, 6) is -0.154. The fourth-order valence-corrected chi connectivity index (χ4v) is 2.24. The number of aromatic amines is 1. The Balaban J connectivity index is 1.90. The van der Waals surface area contributed by atoms with Crippen molar-refractivity contribution in [2.24, 2.45) is 0 Å². The monoisotopic (exact) mass is 283 g/mol. The molecule has 0 aliphatic heterocycles. The molecule has 3 aromatic rings. The molecule has 21 heavy (non-hydrogen) atoms. The number of hydrogen-bond donors (Lipinski definition) is 2. The molecule has 5 heteroatoms. The number of anilines is 1. The van der Waals surface area contributed by atoms with Gasteiger partial charge in [0.15, 0.2) is 0 Å². The molecule has 0 fully saturated rings. The lowest BCUT2D eigenvalue weighted by Gasteiger charge is -2.07. The summed E-state index contributed by atoms with van der Waals surface area (Å²) in [5, 5.41) is 2.70. The number of benzene rings is 2. The van der Waals surface area contributed by atoms with Crippen LogP contribution in [0.2, 0.25) is 0 Å². The minimum atomic E-state index is -0.492. The van der Waals surface area contributed by atoms with Gasteiger partial charge in [-0.3, -0.25) is 4.79 Å². The van der Waals surface area contributed by atoms with Crippen molar-refractivity contribution in [3.05, 3.63) is 59.2 Å². The first kappa shape index (κ1) is 13.3. The standard InChI is InChI=1S/C16H14FN3O/c1-9-4-3-5-12(15(9)17)16(21)20-11-6-7-13-14(8-11)19-10(2)18-13/h3-8H,1-2H3,(H,18,19)(H,20,21). The van der Waals surface area contributed by atoms with Crippen molar-refractivity contribution in [1.29, 1.82) is 0 Å². The lowest BCUT2D eigenvalue weighted by molar-refractivity contribution is 0.102.